The average molecular weight is 454 g/mol. The molecule has 2 amide bonds. The number of benzene rings is 1. The number of alkyl halides is 3. The molecular formula is C23H30F3N3O3. The minimum atomic E-state index is -4.53. The summed E-state index contributed by atoms with van der Waals surface area (Å²) in [6.45, 7) is 3.20. The van der Waals surface area contributed by atoms with Crippen LogP contribution in [0.4, 0.5) is 13.2 Å². The molecule has 9 heteroatoms. The van der Waals surface area contributed by atoms with E-state index < -0.39 is 23.2 Å². The Morgan fingerprint density at radius 3 is 2.50 bits per heavy atom. The smallest absolute Gasteiger partial charge is 0.390 e. The predicted molar refractivity (Wildman–Crippen MR) is 112 cm³/mol. The van der Waals surface area contributed by atoms with Crippen molar-refractivity contribution in [2.75, 3.05) is 19.6 Å². The van der Waals surface area contributed by atoms with Gasteiger partial charge in [-0.15, -0.1) is 0 Å². The lowest BCUT2D eigenvalue weighted by molar-refractivity contribution is -0.137. The van der Waals surface area contributed by atoms with Gasteiger partial charge in [-0.1, -0.05) is 6.07 Å². The first-order valence-electron chi connectivity index (χ1n) is 11.3. The summed E-state index contributed by atoms with van der Waals surface area (Å²) >= 11 is 0. The Balaban J connectivity index is 1.31. The number of likely N-dealkylation sites (tertiary alicyclic amines) is 2. The first kappa shape index (κ1) is 23.0. The van der Waals surface area contributed by atoms with Crippen molar-refractivity contribution in [1.29, 1.82) is 0 Å². The Morgan fingerprint density at radius 2 is 1.81 bits per heavy atom. The van der Waals surface area contributed by atoms with Crippen LogP contribution in [0.5, 0.6) is 0 Å². The number of hydrogen-bond acceptors (Lipinski definition) is 4. The molecule has 0 spiro atoms. The van der Waals surface area contributed by atoms with E-state index in [2.05, 4.69) is 10.2 Å². The standard InChI is InChI=1S/C23H30F3N3O3/c1-22(32)9-5-17(6-10-22)28-11-7-19-18(28)8-12-29(19)20(30)14-27-21(31)15-3-2-4-16(13-15)23(24,25)26/h2-4,13,17-19,32H,5-12,14H2,1H3,(H,27,31). The molecule has 4 rings (SSSR count). The number of hydrogen-bond donors (Lipinski definition) is 2. The SMILES string of the molecule is CC1(O)CCC(N2CCC3C2CCN3C(=O)CNC(=O)c2cccc(C(F)(F)F)c2)CC1. The van der Waals surface area contributed by atoms with Crippen LogP contribution in [0.3, 0.4) is 0 Å². The maximum atomic E-state index is 12.9. The van der Waals surface area contributed by atoms with Gasteiger partial charge in [0.1, 0.15) is 0 Å². The third-order valence-corrected chi connectivity index (χ3v) is 7.29. The van der Waals surface area contributed by atoms with E-state index in [0.29, 0.717) is 18.6 Å². The van der Waals surface area contributed by atoms with Gasteiger partial charge >= 0.3 is 6.18 Å². The number of nitrogens with zero attached hydrogens (tertiary/aromatic N) is 2. The Kier molecular flexibility index (Phi) is 6.24. The molecule has 3 aliphatic rings. The van der Waals surface area contributed by atoms with Gasteiger partial charge in [-0.3, -0.25) is 14.5 Å². The van der Waals surface area contributed by atoms with Gasteiger partial charge in [0.15, 0.2) is 0 Å². The quantitative estimate of drug-likeness (QED) is 0.736. The average Bonchev–Trinajstić information content (AvgIpc) is 3.34. The Bertz CT molecular complexity index is 864. The second-order valence-corrected chi connectivity index (χ2v) is 9.53. The number of aliphatic hydroxyl groups is 1. The second kappa shape index (κ2) is 8.67. The summed E-state index contributed by atoms with van der Waals surface area (Å²) in [4.78, 5) is 29.4. The molecule has 6 nitrogen and oxygen atoms in total. The molecule has 2 unspecified atom stereocenters. The van der Waals surface area contributed by atoms with Crippen LogP contribution in [0.25, 0.3) is 0 Å². The van der Waals surface area contributed by atoms with Gasteiger partial charge < -0.3 is 15.3 Å². The molecule has 0 aromatic heterocycles. The van der Waals surface area contributed by atoms with E-state index >= 15 is 0 Å². The third kappa shape index (κ3) is 4.78. The molecule has 1 aliphatic carbocycles. The largest absolute Gasteiger partial charge is 0.416 e. The summed E-state index contributed by atoms with van der Waals surface area (Å²) in [6.07, 6.45) is 0.717. The summed E-state index contributed by atoms with van der Waals surface area (Å²) in [5, 5.41) is 12.7. The number of rotatable bonds is 4. The molecule has 1 saturated carbocycles. The normalized spacial score (nSPS) is 30.9. The van der Waals surface area contributed by atoms with Gasteiger partial charge in [0.25, 0.3) is 5.91 Å². The van der Waals surface area contributed by atoms with E-state index in [4.69, 9.17) is 0 Å². The van der Waals surface area contributed by atoms with Crippen molar-refractivity contribution in [3.8, 4) is 0 Å². The number of halogens is 3. The van der Waals surface area contributed by atoms with Crippen LogP contribution in [-0.4, -0.2) is 70.1 Å². The van der Waals surface area contributed by atoms with E-state index in [-0.39, 0.29) is 24.1 Å². The fourth-order valence-electron chi connectivity index (χ4n) is 5.53. The van der Waals surface area contributed by atoms with Crippen LogP contribution in [0, 0.1) is 0 Å². The molecule has 2 heterocycles. The predicted octanol–water partition coefficient (Wildman–Crippen LogP) is 2.80. The number of nitrogens with one attached hydrogen (secondary N) is 1. The molecule has 1 aromatic rings. The lowest BCUT2D eigenvalue weighted by atomic mass is 9.83. The van der Waals surface area contributed by atoms with Crippen molar-refractivity contribution in [1.82, 2.24) is 15.1 Å². The van der Waals surface area contributed by atoms with Crippen LogP contribution in [0.1, 0.15) is 61.4 Å². The lowest BCUT2D eigenvalue weighted by Gasteiger charge is -2.40. The highest BCUT2D eigenvalue weighted by molar-refractivity contribution is 5.96. The molecule has 32 heavy (non-hydrogen) atoms. The molecule has 1 aromatic carbocycles. The summed E-state index contributed by atoms with van der Waals surface area (Å²) in [6, 6.07) is 5.02. The van der Waals surface area contributed by atoms with E-state index in [9.17, 15) is 27.9 Å². The van der Waals surface area contributed by atoms with Crippen molar-refractivity contribution in [3.05, 3.63) is 35.4 Å². The monoisotopic (exact) mass is 453 g/mol. The molecule has 176 valence electrons. The number of carbonyl (C=O) groups excluding carboxylic acids is 2. The second-order valence-electron chi connectivity index (χ2n) is 9.53. The van der Waals surface area contributed by atoms with E-state index in [0.717, 1.165) is 57.2 Å². The van der Waals surface area contributed by atoms with E-state index in [1.54, 1.807) is 0 Å². The first-order chi connectivity index (χ1) is 15.0. The molecule has 2 saturated heterocycles. The molecule has 2 aliphatic heterocycles. The van der Waals surface area contributed by atoms with Gasteiger partial charge in [0.05, 0.1) is 17.7 Å². The van der Waals surface area contributed by atoms with E-state index in [1.165, 1.54) is 12.1 Å². The first-order valence-corrected chi connectivity index (χ1v) is 11.3. The van der Waals surface area contributed by atoms with Crippen LogP contribution >= 0.6 is 0 Å². The minimum absolute atomic E-state index is 0.107. The maximum Gasteiger partial charge on any atom is 0.416 e. The summed E-state index contributed by atoms with van der Waals surface area (Å²) in [5.41, 5.74) is -1.59. The molecule has 0 bridgehead atoms. The van der Waals surface area contributed by atoms with Crippen molar-refractivity contribution in [3.63, 3.8) is 0 Å². The molecule has 2 N–H and O–H groups in total. The number of carbonyl (C=O) groups is 2. The minimum Gasteiger partial charge on any atom is -0.390 e. The van der Waals surface area contributed by atoms with E-state index in [1.807, 2.05) is 11.8 Å². The zero-order valence-corrected chi connectivity index (χ0v) is 18.2. The Hall–Kier alpha value is -2.13. The zero-order chi connectivity index (χ0) is 23.1. The Labute approximate surface area is 185 Å². The van der Waals surface area contributed by atoms with Gasteiger partial charge in [0, 0.05) is 36.8 Å². The molecule has 3 fully saturated rings. The van der Waals surface area contributed by atoms with Crippen molar-refractivity contribution < 1.29 is 27.9 Å². The molecule has 0 radical (unpaired) electrons. The number of amides is 2. The molecule has 2 atom stereocenters. The Morgan fingerprint density at radius 1 is 1.12 bits per heavy atom. The van der Waals surface area contributed by atoms with Crippen molar-refractivity contribution >= 4 is 11.8 Å². The van der Waals surface area contributed by atoms with Crippen molar-refractivity contribution in [2.24, 2.45) is 0 Å². The number of fused-ring (bicyclic) bond motifs is 1. The fraction of sp³-hybridized carbons (Fsp3) is 0.652. The van der Waals surface area contributed by atoms with Crippen LogP contribution in [0.15, 0.2) is 24.3 Å². The van der Waals surface area contributed by atoms with Gasteiger partial charge in [-0.05, 0) is 63.6 Å². The molecular weight excluding hydrogens is 423 g/mol. The van der Waals surface area contributed by atoms with Crippen LogP contribution < -0.4 is 5.32 Å². The highest BCUT2D eigenvalue weighted by atomic mass is 19.4. The fourth-order valence-corrected chi connectivity index (χ4v) is 5.53. The van der Waals surface area contributed by atoms with Gasteiger partial charge in [-0.25, -0.2) is 0 Å². The summed E-state index contributed by atoms with van der Waals surface area (Å²) in [5.74, 6) is -0.895. The zero-order valence-electron chi connectivity index (χ0n) is 18.2. The third-order valence-electron chi connectivity index (χ3n) is 7.29. The van der Waals surface area contributed by atoms with Crippen LogP contribution in [-0.2, 0) is 11.0 Å². The highest BCUT2D eigenvalue weighted by Gasteiger charge is 2.47. The van der Waals surface area contributed by atoms with Crippen LogP contribution in [0.2, 0.25) is 0 Å². The lowest BCUT2D eigenvalue weighted by Crippen LogP contribution is -2.47. The maximum absolute atomic E-state index is 12.9. The summed E-state index contributed by atoms with van der Waals surface area (Å²) < 4.78 is 38.6. The summed E-state index contributed by atoms with van der Waals surface area (Å²) in [7, 11) is 0. The van der Waals surface area contributed by atoms with Crippen molar-refractivity contribution in [2.45, 2.75) is 75.4 Å². The highest BCUT2D eigenvalue weighted by Crippen LogP contribution is 2.38. The topological polar surface area (TPSA) is 72.9 Å². The van der Waals surface area contributed by atoms with Gasteiger partial charge in [0.2, 0.25) is 5.91 Å². The van der Waals surface area contributed by atoms with Gasteiger partial charge in [-0.2, -0.15) is 13.2 Å².